The summed E-state index contributed by atoms with van der Waals surface area (Å²) in [4.78, 5) is 10.9. The molecule has 1 fully saturated rings. The van der Waals surface area contributed by atoms with E-state index in [9.17, 15) is 4.79 Å². The SMILES string of the molecule is CC(NCc1ccccc1CC(=O)O)C1CCCCC1. The van der Waals surface area contributed by atoms with Gasteiger partial charge in [-0.15, -0.1) is 0 Å². The van der Waals surface area contributed by atoms with Gasteiger partial charge in [0.25, 0.3) is 0 Å². The summed E-state index contributed by atoms with van der Waals surface area (Å²) in [6, 6.07) is 8.34. The highest BCUT2D eigenvalue weighted by molar-refractivity contribution is 5.70. The highest BCUT2D eigenvalue weighted by Gasteiger charge is 2.19. The van der Waals surface area contributed by atoms with Gasteiger partial charge in [0, 0.05) is 12.6 Å². The molecule has 1 aliphatic rings. The third kappa shape index (κ3) is 4.34. The number of benzene rings is 1. The van der Waals surface area contributed by atoms with E-state index in [-0.39, 0.29) is 6.42 Å². The van der Waals surface area contributed by atoms with Crippen LogP contribution in [0.4, 0.5) is 0 Å². The number of rotatable bonds is 6. The van der Waals surface area contributed by atoms with Crippen molar-refractivity contribution in [3.8, 4) is 0 Å². The lowest BCUT2D eigenvalue weighted by molar-refractivity contribution is -0.136. The number of carbonyl (C=O) groups is 1. The number of hydrogen-bond acceptors (Lipinski definition) is 2. The highest BCUT2D eigenvalue weighted by Crippen LogP contribution is 2.26. The predicted molar refractivity (Wildman–Crippen MR) is 80.7 cm³/mol. The fraction of sp³-hybridized carbons (Fsp3) is 0.588. The largest absolute Gasteiger partial charge is 0.481 e. The molecule has 110 valence electrons. The molecule has 0 amide bonds. The maximum Gasteiger partial charge on any atom is 0.307 e. The van der Waals surface area contributed by atoms with Gasteiger partial charge in [0.2, 0.25) is 0 Å². The second-order valence-electron chi connectivity index (χ2n) is 5.91. The van der Waals surface area contributed by atoms with Gasteiger partial charge in [0.1, 0.15) is 0 Å². The van der Waals surface area contributed by atoms with E-state index in [2.05, 4.69) is 12.2 Å². The molecule has 20 heavy (non-hydrogen) atoms. The molecule has 0 radical (unpaired) electrons. The van der Waals surface area contributed by atoms with E-state index >= 15 is 0 Å². The predicted octanol–water partition coefficient (Wildman–Crippen LogP) is 3.37. The second kappa shape index (κ2) is 7.44. The van der Waals surface area contributed by atoms with Crippen LogP contribution in [0.25, 0.3) is 0 Å². The van der Waals surface area contributed by atoms with Crippen molar-refractivity contribution in [3.63, 3.8) is 0 Å². The molecule has 0 saturated heterocycles. The smallest absolute Gasteiger partial charge is 0.307 e. The fourth-order valence-electron chi connectivity index (χ4n) is 3.14. The lowest BCUT2D eigenvalue weighted by Gasteiger charge is -2.28. The first kappa shape index (κ1) is 15.0. The standard InChI is InChI=1S/C17H25NO2/c1-13(14-7-3-2-4-8-14)18-12-16-10-6-5-9-15(16)11-17(19)20/h5-6,9-10,13-14,18H,2-4,7-8,11-12H2,1H3,(H,19,20). The van der Waals surface area contributed by atoms with E-state index in [1.54, 1.807) is 0 Å². The summed E-state index contributed by atoms with van der Waals surface area (Å²) in [5.41, 5.74) is 2.03. The van der Waals surface area contributed by atoms with Gasteiger partial charge in [-0.05, 0) is 36.8 Å². The average Bonchev–Trinajstić information content (AvgIpc) is 2.46. The summed E-state index contributed by atoms with van der Waals surface area (Å²) in [6.07, 6.45) is 6.84. The molecule has 0 aromatic heterocycles. The van der Waals surface area contributed by atoms with Crippen LogP contribution >= 0.6 is 0 Å². The van der Waals surface area contributed by atoms with Gasteiger partial charge in [0.15, 0.2) is 0 Å². The molecule has 2 N–H and O–H groups in total. The fourth-order valence-corrected chi connectivity index (χ4v) is 3.14. The van der Waals surface area contributed by atoms with Crippen LogP contribution in [0.5, 0.6) is 0 Å². The van der Waals surface area contributed by atoms with Gasteiger partial charge in [-0.1, -0.05) is 43.5 Å². The van der Waals surface area contributed by atoms with Gasteiger partial charge >= 0.3 is 5.97 Å². The van der Waals surface area contributed by atoms with Gasteiger partial charge < -0.3 is 10.4 Å². The Morgan fingerprint density at radius 1 is 1.25 bits per heavy atom. The maximum absolute atomic E-state index is 10.9. The van der Waals surface area contributed by atoms with Crippen molar-refractivity contribution in [1.82, 2.24) is 5.32 Å². The molecular weight excluding hydrogens is 250 g/mol. The molecule has 0 aliphatic heterocycles. The summed E-state index contributed by atoms with van der Waals surface area (Å²) < 4.78 is 0. The normalized spacial score (nSPS) is 17.9. The monoisotopic (exact) mass is 275 g/mol. The molecule has 2 rings (SSSR count). The van der Waals surface area contributed by atoms with E-state index < -0.39 is 5.97 Å². The van der Waals surface area contributed by atoms with Crippen LogP contribution < -0.4 is 5.32 Å². The number of hydrogen-bond donors (Lipinski definition) is 2. The van der Waals surface area contributed by atoms with Crippen LogP contribution in [0.2, 0.25) is 0 Å². The zero-order valence-electron chi connectivity index (χ0n) is 12.3. The number of carboxylic acid groups (broad SMARTS) is 1. The van der Waals surface area contributed by atoms with Crippen LogP contribution in [0, 0.1) is 5.92 Å². The van der Waals surface area contributed by atoms with Crippen LogP contribution in [-0.2, 0) is 17.8 Å². The molecule has 1 atom stereocenters. The zero-order chi connectivity index (χ0) is 14.4. The minimum absolute atomic E-state index is 0.107. The molecule has 3 nitrogen and oxygen atoms in total. The minimum Gasteiger partial charge on any atom is -0.481 e. The van der Waals surface area contributed by atoms with E-state index in [1.807, 2.05) is 24.3 Å². The van der Waals surface area contributed by atoms with Crippen molar-refractivity contribution in [1.29, 1.82) is 0 Å². The van der Waals surface area contributed by atoms with Crippen molar-refractivity contribution in [3.05, 3.63) is 35.4 Å². The lowest BCUT2D eigenvalue weighted by atomic mass is 9.84. The molecule has 0 heterocycles. The first-order chi connectivity index (χ1) is 9.66. The second-order valence-corrected chi connectivity index (χ2v) is 5.91. The Morgan fingerprint density at radius 3 is 2.55 bits per heavy atom. The first-order valence-electron chi connectivity index (χ1n) is 7.69. The van der Waals surface area contributed by atoms with E-state index in [1.165, 1.54) is 32.1 Å². The number of nitrogens with one attached hydrogen (secondary N) is 1. The van der Waals surface area contributed by atoms with Crippen molar-refractivity contribution in [2.45, 2.75) is 58.0 Å². The van der Waals surface area contributed by atoms with Crippen molar-refractivity contribution in [2.24, 2.45) is 5.92 Å². The summed E-state index contributed by atoms with van der Waals surface area (Å²) >= 11 is 0. The summed E-state index contributed by atoms with van der Waals surface area (Å²) in [6.45, 7) is 3.02. The quantitative estimate of drug-likeness (QED) is 0.837. The van der Waals surface area contributed by atoms with E-state index in [4.69, 9.17) is 5.11 Å². The van der Waals surface area contributed by atoms with Gasteiger partial charge in [-0.25, -0.2) is 0 Å². The Kier molecular flexibility index (Phi) is 5.60. The molecule has 3 heteroatoms. The Balaban J connectivity index is 1.91. The molecular formula is C17H25NO2. The lowest BCUT2D eigenvalue weighted by Crippen LogP contribution is -2.34. The van der Waals surface area contributed by atoms with E-state index in [0.29, 0.717) is 6.04 Å². The Morgan fingerprint density at radius 2 is 1.90 bits per heavy atom. The molecule has 0 spiro atoms. The first-order valence-corrected chi connectivity index (χ1v) is 7.69. The number of carboxylic acids is 1. The van der Waals surface area contributed by atoms with Crippen LogP contribution in [0.1, 0.15) is 50.2 Å². The Bertz CT molecular complexity index is 438. The van der Waals surface area contributed by atoms with E-state index in [0.717, 1.165) is 23.6 Å². The Hall–Kier alpha value is -1.35. The topological polar surface area (TPSA) is 49.3 Å². The molecule has 1 aromatic carbocycles. The average molecular weight is 275 g/mol. The number of aliphatic carboxylic acids is 1. The van der Waals surface area contributed by atoms with Crippen molar-refractivity contribution < 1.29 is 9.90 Å². The summed E-state index contributed by atoms with van der Waals surface area (Å²) in [5, 5.41) is 12.5. The van der Waals surface area contributed by atoms with Crippen LogP contribution in [0.3, 0.4) is 0 Å². The van der Waals surface area contributed by atoms with Crippen molar-refractivity contribution >= 4 is 5.97 Å². The summed E-state index contributed by atoms with van der Waals surface area (Å²) in [7, 11) is 0. The van der Waals surface area contributed by atoms with Crippen LogP contribution in [-0.4, -0.2) is 17.1 Å². The Labute approximate surface area is 121 Å². The molecule has 1 saturated carbocycles. The molecule has 1 aromatic rings. The summed E-state index contributed by atoms with van der Waals surface area (Å²) in [5.74, 6) is 0.00756. The molecule has 1 aliphatic carbocycles. The van der Waals surface area contributed by atoms with Gasteiger partial charge in [-0.3, -0.25) is 4.79 Å². The van der Waals surface area contributed by atoms with Gasteiger partial charge in [-0.2, -0.15) is 0 Å². The minimum atomic E-state index is -0.766. The molecule has 0 bridgehead atoms. The van der Waals surface area contributed by atoms with Gasteiger partial charge in [0.05, 0.1) is 6.42 Å². The third-order valence-electron chi connectivity index (χ3n) is 4.43. The highest BCUT2D eigenvalue weighted by atomic mass is 16.4. The van der Waals surface area contributed by atoms with Crippen LogP contribution in [0.15, 0.2) is 24.3 Å². The molecule has 1 unspecified atom stereocenters. The maximum atomic E-state index is 10.9. The van der Waals surface area contributed by atoms with Crippen molar-refractivity contribution in [2.75, 3.05) is 0 Å². The third-order valence-corrected chi connectivity index (χ3v) is 4.43. The zero-order valence-corrected chi connectivity index (χ0v) is 12.3.